The van der Waals surface area contributed by atoms with Crippen LogP contribution in [0.25, 0.3) is 0 Å². The molecule has 2 aromatic heterocycles. The molecule has 2 heterocycles. The lowest BCUT2D eigenvalue weighted by atomic mass is 10.3. The summed E-state index contributed by atoms with van der Waals surface area (Å²) in [5, 5.41) is 17.2. The van der Waals surface area contributed by atoms with Crippen molar-refractivity contribution in [3.63, 3.8) is 0 Å². The fraction of sp³-hybridized carbons (Fsp3) is 0.0455. The van der Waals surface area contributed by atoms with Gasteiger partial charge in [0.05, 0.1) is 9.82 Å². The molecule has 0 saturated heterocycles. The number of sulfonamides is 1. The molecule has 11 nitrogen and oxygen atoms in total. The highest BCUT2D eigenvalue weighted by atomic mass is 32.2. The number of pyridine rings is 1. The number of non-ortho nitro benzene ring substituents is 1. The first-order valence-corrected chi connectivity index (χ1v) is 11.4. The van der Waals surface area contributed by atoms with Gasteiger partial charge in [0.1, 0.15) is 23.3 Å². The van der Waals surface area contributed by atoms with Crippen molar-refractivity contribution in [3.05, 3.63) is 94.9 Å². The van der Waals surface area contributed by atoms with Gasteiger partial charge in [0.2, 0.25) is 0 Å². The van der Waals surface area contributed by atoms with E-state index in [0.29, 0.717) is 34.7 Å². The zero-order valence-corrected chi connectivity index (χ0v) is 18.7. The largest absolute Gasteiger partial charge is 0.340 e. The number of hydrogen-bond acceptors (Lipinski definition) is 9. The van der Waals surface area contributed by atoms with E-state index >= 15 is 0 Å². The van der Waals surface area contributed by atoms with Crippen molar-refractivity contribution >= 4 is 44.5 Å². The van der Waals surface area contributed by atoms with Crippen molar-refractivity contribution in [2.45, 2.75) is 11.8 Å². The maximum absolute atomic E-state index is 12.6. The number of nitrogens with zero attached hydrogens (tertiary/aromatic N) is 4. The maximum Gasteiger partial charge on any atom is 0.270 e. The zero-order valence-electron chi connectivity index (χ0n) is 17.8. The van der Waals surface area contributed by atoms with Crippen LogP contribution in [-0.4, -0.2) is 28.3 Å². The molecule has 0 bridgehead atoms. The van der Waals surface area contributed by atoms with Crippen molar-refractivity contribution in [2.24, 2.45) is 0 Å². The summed E-state index contributed by atoms with van der Waals surface area (Å²) in [5.41, 5.74) is 0.660. The molecule has 0 fully saturated rings. The molecule has 4 aromatic rings. The Labute approximate surface area is 195 Å². The average molecular weight is 478 g/mol. The molecule has 0 aliphatic rings. The third kappa shape index (κ3) is 5.61. The SMILES string of the molecule is Cc1nc(Nc2ccc(NS(=O)(=O)c3cccc([N+](=O)[O-])c3)cc2)cc(Nc2ccccn2)n1. The second-order valence-corrected chi connectivity index (χ2v) is 8.77. The van der Waals surface area contributed by atoms with Crippen molar-refractivity contribution in [1.82, 2.24) is 15.0 Å². The van der Waals surface area contributed by atoms with Crippen LogP contribution in [0.2, 0.25) is 0 Å². The maximum atomic E-state index is 12.6. The van der Waals surface area contributed by atoms with Gasteiger partial charge in [-0.3, -0.25) is 14.8 Å². The van der Waals surface area contributed by atoms with E-state index in [1.807, 2.05) is 18.2 Å². The third-order valence-corrected chi connectivity index (χ3v) is 5.89. The number of aryl methyl sites for hydroxylation is 1. The lowest BCUT2D eigenvalue weighted by molar-refractivity contribution is -0.385. The summed E-state index contributed by atoms with van der Waals surface area (Å²) in [6.07, 6.45) is 1.67. The van der Waals surface area contributed by atoms with Crippen molar-refractivity contribution in [3.8, 4) is 0 Å². The monoisotopic (exact) mass is 477 g/mol. The molecular weight excluding hydrogens is 458 g/mol. The van der Waals surface area contributed by atoms with Gasteiger partial charge in [-0.05, 0) is 49.4 Å². The van der Waals surface area contributed by atoms with Gasteiger partial charge in [-0.1, -0.05) is 12.1 Å². The number of benzene rings is 2. The Bertz CT molecular complexity index is 1430. The van der Waals surface area contributed by atoms with E-state index in [1.165, 1.54) is 18.2 Å². The minimum absolute atomic E-state index is 0.201. The molecule has 0 unspecified atom stereocenters. The van der Waals surface area contributed by atoms with Crippen LogP contribution in [0, 0.1) is 17.0 Å². The number of hydrogen-bond donors (Lipinski definition) is 3. The first kappa shape index (κ1) is 22.6. The molecule has 2 aromatic carbocycles. The molecule has 0 spiro atoms. The van der Waals surface area contributed by atoms with Gasteiger partial charge >= 0.3 is 0 Å². The van der Waals surface area contributed by atoms with Gasteiger partial charge in [-0.25, -0.2) is 23.4 Å². The Hall–Kier alpha value is -4.58. The molecule has 12 heteroatoms. The number of anilines is 5. The minimum Gasteiger partial charge on any atom is -0.340 e. The first-order chi connectivity index (χ1) is 16.3. The van der Waals surface area contributed by atoms with Crippen LogP contribution in [0.15, 0.2) is 83.9 Å². The molecule has 172 valence electrons. The van der Waals surface area contributed by atoms with Crippen LogP contribution in [0.3, 0.4) is 0 Å². The molecule has 3 N–H and O–H groups in total. The number of nitro groups is 1. The Kier molecular flexibility index (Phi) is 6.32. The quantitative estimate of drug-likeness (QED) is 0.248. The zero-order chi connectivity index (χ0) is 24.1. The number of rotatable bonds is 8. The van der Waals surface area contributed by atoms with E-state index in [9.17, 15) is 18.5 Å². The average Bonchev–Trinajstić information content (AvgIpc) is 2.80. The van der Waals surface area contributed by atoms with Crippen LogP contribution in [0.4, 0.5) is 34.5 Å². The summed E-state index contributed by atoms with van der Waals surface area (Å²) in [7, 11) is -3.99. The highest BCUT2D eigenvalue weighted by Crippen LogP contribution is 2.24. The minimum atomic E-state index is -3.99. The fourth-order valence-electron chi connectivity index (χ4n) is 3.01. The second kappa shape index (κ2) is 9.50. The van der Waals surface area contributed by atoms with Gasteiger partial charge in [-0.2, -0.15) is 0 Å². The van der Waals surface area contributed by atoms with E-state index < -0.39 is 14.9 Å². The van der Waals surface area contributed by atoms with Gasteiger partial charge in [0.25, 0.3) is 15.7 Å². The van der Waals surface area contributed by atoms with E-state index in [0.717, 1.165) is 6.07 Å². The summed E-state index contributed by atoms with van der Waals surface area (Å²) in [5.74, 6) is 2.29. The molecular formula is C22H19N7O4S. The van der Waals surface area contributed by atoms with Crippen molar-refractivity contribution in [1.29, 1.82) is 0 Å². The van der Waals surface area contributed by atoms with Crippen LogP contribution in [0.5, 0.6) is 0 Å². The van der Waals surface area contributed by atoms with Crippen molar-refractivity contribution < 1.29 is 13.3 Å². The molecule has 0 aliphatic carbocycles. The van der Waals surface area contributed by atoms with E-state index in [-0.39, 0.29) is 10.6 Å². The predicted octanol–water partition coefficient (Wildman–Crippen LogP) is 4.38. The summed E-state index contributed by atoms with van der Waals surface area (Å²) in [6.45, 7) is 1.76. The standard InChI is InChI=1S/C22H19N7O4S/c1-15-24-21(14-22(25-15)27-20-7-2-3-12-23-20)26-16-8-10-17(11-9-16)28-34(32,33)19-6-4-5-18(13-19)29(30)31/h2-14,28H,1H3,(H2,23,24,25,26,27). The Morgan fingerprint density at radius 2 is 1.53 bits per heavy atom. The number of nitrogens with one attached hydrogen (secondary N) is 3. The smallest absolute Gasteiger partial charge is 0.270 e. The van der Waals surface area contributed by atoms with Crippen molar-refractivity contribution in [2.75, 3.05) is 15.4 Å². The summed E-state index contributed by atoms with van der Waals surface area (Å²) < 4.78 is 27.6. The van der Waals surface area contributed by atoms with E-state index in [2.05, 4.69) is 30.3 Å². The van der Waals surface area contributed by atoms with Crippen LogP contribution in [-0.2, 0) is 10.0 Å². The molecule has 0 aliphatic heterocycles. The van der Waals surface area contributed by atoms with Gasteiger partial charge < -0.3 is 10.6 Å². The van der Waals surface area contributed by atoms with E-state index in [4.69, 9.17) is 0 Å². The first-order valence-electron chi connectivity index (χ1n) is 9.97. The number of nitro benzene ring substituents is 1. The fourth-order valence-corrected chi connectivity index (χ4v) is 4.11. The molecule has 0 saturated carbocycles. The summed E-state index contributed by atoms with van der Waals surface area (Å²) >= 11 is 0. The number of aromatic nitrogens is 3. The van der Waals surface area contributed by atoms with Gasteiger partial charge in [0.15, 0.2) is 0 Å². The third-order valence-electron chi connectivity index (χ3n) is 4.51. The highest BCUT2D eigenvalue weighted by molar-refractivity contribution is 7.92. The molecule has 0 atom stereocenters. The Morgan fingerprint density at radius 1 is 0.824 bits per heavy atom. The molecule has 4 rings (SSSR count). The second-order valence-electron chi connectivity index (χ2n) is 7.09. The van der Waals surface area contributed by atoms with Gasteiger partial charge in [0, 0.05) is 35.8 Å². The van der Waals surface area contributed by atoms with Crippen LogP contribution in [0.1, 0.15) is 5.82 Å². The molecule has 34 heavy (non-hydrogen) atoms. The van der Waals surface area contributed by atoms with Crippen LogP contribution < -0.4 is 15.4 Å². The molecule has 0 amide bonds. The lowest BCUT2D eigenvalue weighted by Crippen LogP contribution is -2.13. The highest BCUT2D eigenvalue weighted by Gasteiger charge is 2.17. The van der Waals surface area contributed by atoms with E-state index in [1.54, 1.807) is 43.5 Å². The van der Waals surface area contributed by atoms with Crippen LogP contribution >= 0.6 is 0 Å². The lowest BCUT2D eigenvalue weighted by Gasteiger charge is -2.11. The Morgan fingerprint density at radius 3 is 2.21 bits per heavy atom. The predicted molar refractivity (Wildman–Crippen MR) is 128 cm³/mol. The topological polar surface area (TPSA) is 152 Å². The summed E-state index contributed by atoms with van der Waals surface area (Å²) in [6, 6.07) is 18.5. The normalized spacial score (nSPS) is 11.0. The molecule has 0 radical (unpaired) electrons. The van der Waals surface area contributed by atoms with Gasteiger partial charge in [-0.15, -0.1) is 0 Å². The summed E-state index contributed by atoms with van der Waals surface area (Å²) in [4.78, 5) is 23.0. The Balaban J connectivity index is 1.47.